The van der Waals surface area contributed by atoms with Crippen molar-refractivity contribution in [1.29, 1.82) is 0 Å². The molecule has 2 aliphatic rings. The maximum absolute atomic E-state index is 14.0. The molecule has 9 heteroatoms. The summed E-state index contributed by atoms with van der Waals surface area (Å²) in [7, 11) is 0. The molecule has 1 fully saturated rings. The maximum Gasteiger partial charge on any atom is 0.356 e. The lowest BCUT2D eigenvalue weighted by Crippen LogP contribution is -2.64. The number of esters is 2. The number of amides is 1. The molecule has 3 aromatic carbocycles. The monoisotopic (exact) mass is 654 g/mol. The third kappa shape index (κ3) is 7.30. The van der Waals surface area contributed by atoms with E-state index in [4.69, 9.17) is 14.5 Å². The van der Waals surface area contributed by atoms with Crippen LogP contribution in [-0.4, -0.2) is 57.8 Å². The molecule has 246 valence electrons. The lowest BCUT2D eigenvalue weighted by molar-refractivity contribution is -0.153. The van der Waals surface area contributed by atoms with Gasteiger partial charge in [0.2, 0.25) is 0 Å². The van der Waals surface area contributed by atoms with Gasteiger partial charge in [-0.25, -0.2) is 4.79 Å². The lowest BCUT2D eigenvalue weighted by Gasteiger charge is -2.48. The molecule has 1 N–H and O–H groups in total. The van der Waals surface area contributed by atoms with Crippen molar-refractivity contribution in [2.24, 2.45) is 4.99 Å². The van der Waals surface area contributed by atoms with Gasteiger partial charge in [0.05, 0.1) is 0 Å². The summed E-state index contributed by atoms with van der Waals surface area (Å²) < 4.78 is 11.5. The summed E-state index contributed by atoms with van der Waals surface area (Å²) >= 11 is 1.46. The minimum absolute atomic E-state index is 0.0954. The fourth-order valence-corrected chi connectivity index (χ4v) is 7.06. The lowest BCUT2D eigenvalue weighted by atomic mass is 9.78. The Bertz CT molecular complexity index is 1650. The first-order chi connectivity index (χ1) is 22.2. The van der Waals surface area contributed by atoms with Crippen molar-refractivity contribution in [2.75, 3.05) is 12.4 Å². The van der Waals surface area contributed by atoms with Crippen LogP contribution in [0.3, 0.4) is 0 Å². The molecule has 8 nitrogen and oxygen atoms in total. The summed E-state index contributed by atoms with van der Waals surface area (Å²) in [5.74, 6) is -0.865. The van der Waals surface area contributed by atoms with E-state index in [1.165, 1.54) is 23.6 Å². The number of ether oxygens (including phenoxy) is 2. The first kappa shape index (κ1) is 34.0. The van der Waals surface area contributed by atoms with Gasteiger partial charge in [0.1, 0.15) is 23.4 Å². The van der Waals surface area contributed by atoms with Gasteiger partial charge in [0.15, 0.2) is 12.1 Å². The Morgan fingerprint density at radius 1 is 0.957 bits per heavy atom. The summed E-state index contributed by atoms with van der Waals surface area (Å²) in [6.45, 7) is 13.4. The van der Waals surface area contributed by atoms with E-state index in [-0.39, 0.29) is 34.8 Å². The number of β-lactam (4-membered cyclic amide) rings is 1. The highest BCUT2D eigenvalue weighted by Crippen LogP contribution is 2.44. The molecule has 47 heavy (non-hydrogen) atoms. The van der Waals surface area contributed by atoms with Crippen molar-refractivity contribution in [3.05, 3.63) is 112 Å². The Morgan fingerprint density at radius 3 is 1.98 bits per heavy atom. The van der Waals surface area contributed by atoms with Crippen LogP contribution in [0.5, 0.6) is 5.75 Å². The second kappa shape index (κ2) is 13.4. The van der Waals surface area contributed by atoms with Crippen LogP contribution in [0.25, 0.3) is 0 Å². The van der Waals surface area contributed by atoms with E-state index in [0.717, 1.165) is 27.8 Å². The van der Waals surface area contributed by atoms with Crippen LogP contribution in [0.15, 0.2) is 89.1 Å². The van der Waals surface area contributed by atoms with Crippen LogP contribution in [0.2, 0.25) is 0 Å². The topological polar surface area (TPSA) is 106 Å². The van der Waals surface area contributed by atoms with Crippen molar-refractivity contribution in [3.8, 4) is 5.75 Å². The number of thioether (sulfide) groups is 1. The fraction of sp³-hybridized carbons (Fsp3) is 0.368. The Hall–Kier alpha value is -4.37. The van der Waals surface area contributed by atoms with E-state index in [9.17, 15) is 19.5 Å². The predicted octanol–water partition coefficient (Wildman–Crippen LogP) is 6.84. The number of phenols is 1. The highest BCUT2D eigenvalue weighted by molar-refractivity contribution is 8.00. The van der Waals surface area contributed by atoms with Crippen molar-refractivity contribution in [1.82, 2.24) is 4.90 Å². The number of benzene rings is 3. The third-order valence-corrected chi connectivity index (χ3v) is 9.55. The predicted molar refractivity (Wildman–Crippen MR) is 184 cm³/mol. The molecular formula is C38H42N2O6S. The zero-order valence-electron chi connectivity index (χ0n) is 27.9. The van der Waals surface area contributed by atoms with E-state index in [2.05, 4.69) is 0 Å². The molecule has 3 aromatic rings. The Labute approximate surface area is 280 Å². The van der Waals surface area contributed by atoms with Gasteiger partial charge in [-0.3, -0.25) is 19.5 Å². The number of aliphatic imine (C=N–C) groups is 1. The molecule has 5 rings (SSSR count). The largest absolute Gasteiger partial charge is 0.507 e. The summed E-state index contributed by atoms with van der Waals surface area (Å²) in [5, 5.41) is 10.7. The van der Waals surface area contributed by atoms with Gasteiger partial charge in [-0.2, -0.15) is 0 Å². The van der Waals surface area contributed by atoms with Gasteiger partial charge < -0.3 is 14.6 Å². The number of phenolic OH excluding ortho intramolecular Hbond substituents is 1. The number of rotatable bonds is 8. The molecule has 2 aliphatic heterocycles. The van der Waals surface area contributed by atoms with Gasteiger partial charge in [0.25, 0.3) is 5.91 Å². The van der Waals surface area contributed by atoms with Crippen LogP contribution in [-0.2, 0) is 34.7 Å². The van der Waals surface area contributed by atoms with Gasteiger partial charge in [0, 0.05) is 35.6 Å². The molecule has 1 unspecified atom stereocenters. The minimum Gasteiger partial charge on any atom is -0.507 e. The second-order valence-corrected chi connectivity index (χ2v) is 15.0. The number of carbonyl (C=O) groups is 3. The highest BCUT2D eigenvalue weighted by atomic mass is 32.2. The maximum atomic E-state index is 14.0. The van der Waals surface area contributed by atoms with Gasteiger partial charge in [-0.1, -0.05) is 102 Å². The highest BCUT2D eigenvalue weighted by Gasteiger charge is 2.54. The normalized spacial score (nSPS) is 18.3. The van der Waals surface area contributed by atoms with Crippen LogP contribution in [0, 0.1) is 0 Å². The molecule has 2 atom stereocenters. The Balaban J connectivity index is 1.46. The number of hydrogen-bond acceptors (Lipinski definition) is 8. The van der Waals surface area contributed by atoms with Crippen LogP contribution in [0.1, 0.15) is 82.4 Å². The number of hydrogen-bond donors (Lipinski definition) is 1. The quantitative estimate of drug-likeness (QED) is 0.161. The third-order valence-electron chi connectivity index (χ3n) is 8.22. The van der Waals surface area contributed by atoms with E-state index in [0.29, 0.717) is 11.3 Å². The number of fused-ring (bicyclic) bond motifs is 1. The number of carbonyl (C=O) groups excluding carboxylic acids is 3. The minimum atomic E-state index is -0.720. The average molecular weight is 655 g/mol. The van der Waals surface area contributed by atoms with E-state index in [1.807, 2.05) is 114 Å². The smallest absolute Gasteiger partial charge is 0.356 e. The van der Waals surface area contributed by atoms with Crippen molar-refractivity contribution >= 4 is 35.8 Å². The van der Waals surface area contributed by atoms with Gasteiger partial charge >= 0.3 is 11.9 Å². The van der Waals surface area contributed by atoms with Crippen molar-refractivity contribution < 1.29 is 29.0 Å². The average Bonchev–Trinajstić information content (AvgIpc) is 3.02. The van der Waals surface area contributed by atoms with E-state index in [1.54, 1.807) is 6.21 Å². The Kier molecular flexibility index (Phi) is 9.68. The summed E-state index contributed by atoms with van der Waals surface area (Å²) in [5.41, 5.74) is 3.92. The molecule has 0 radical (unpaired) electrons. The zero-order valence-corrected chi connectivity index (χ0v) is 28.8. The summed E-state index contributed by atoms with van der Waals surface area (Å²) in [6.07, 6.45) is 0.968. The van der Waals surface area contributed by atoms with E-state index >= 15 is 0 Å². The van der Waals surface area contributed by atoms with E-state index < -0.39 is 29.5 Å². The second-order valence-electron chi connectivity index (χ2n) is 13.9. The molecule has 0 spiro atoms. The molecule has 2 heterocycles. The van der Waals surface area contributed by atoms with Gasteiger partial charge in [-0.05, 0) is 39.7 Å². The molecule has 0 bridgehead atoms. The molecule has 1 amide bonds. The fourth-order valence-electron chi connectivity index (χ4n) is 5.74. The molecule has 0 aliphatic carbocycles. The Morgan fingerprint density at radius 2 is 1.49 bits per heavy atom. The number of aromatic hydroxyl groups is 1. The summed E-state index contributed by atoms with van der Waals surface area (Å²) in [6, 6.07) is 21.9. The zero-order chi connectivity index (χ0) is 34.1. The van der Waals surface area contributed by atoms with Crippen LogP contribution >= 0.6 is 11.8 Å². The molecule has 0 saturated carbocycles. The van der Waals surface area contributed by atoms with Crippen molar-refractivity contribution in [2.45, 2.75) is 76.8 Å². The summed E-state index contributed by atoms with van der Waals surface area (Å²) in [4.78, 5) is 45.7. The van der Waals surface area contributed by atoms with Crippen molar-refractivity contribution in [3.63, 3.8) is 0 Å². The number of nitrogens with zero attached hydrogens (tertiary/aromatic N) is 2. The van der Waals surface area contributed by atoms with Gasteiger partial charge in [-0.15, -0.1) is 11.8 Å². The first-order valence-corrected chi connectivity index (χ1v) is 16.7. The molecular weight excluding hydrogens is 612 g/mol. The SMILES string of the molecule is CC(=O)OCC1=C(C(=O)OC(c2ccccc2)c2ccccc2)N2C(=O)C(N=Cc3cc(C(C)(C)C)c(O)c(C(C)(C)C)c3)[C@H]2SC1. The standard InChI is InChI=1S/C38H42N2O6S/c1-23(41)45-21-27-22-47-35-30(39-20-24-18-28(37(2,3)4)32(42)29(19-24)38(5,6)7)34(43)40(35)31(27)36(44)46-33(25-14-10-8-11-15-25)26-16-12-9-13-17-26/h8-20,30,33,35,42H,21-22H2,1-7H3/t30?,35-/m1/s1. The van der Waals surface area contributed by atoms with Crippen LogP contribution in [0.4, 0.5) is 0 Å². The van der Waals surface area contributed by atoms with Crippen LogP contribution < -0.4 is 0 Å². The molecule has 0 aromatic heterocycles. The molecule has 1 saturated heterocycles. The first-order valence-electron chi connectivity index (χ1n) is 15.7.